The van der Waals surface area contributed by atoms with Crippen LogP contribution in [-0.2, 0) is 27.4 Å². The van der Waals surface area contributed by atoms with Crippen LogP contribution in [0.3, 0.4) is 0 Å². The van der Waals surface area contributed by atoms with Crippen molar-refractivity contribution in [3.05, 3.63) is 28.8 Å². The molecule has 0 amide bonds. The Labute approximate surface area is 121 Å². The molecule has 8 heteroatoms. The lowest BCUT2D eigenvalue weighted by molar-refractivity contribution is 0.584. The first kappa shape index (κ1) is 16.6. The van der Waals surface area contributed by atoms with Crippen molar-refractivity contribution < 1.29 is 12.6 Å². The Morgan fingerprint density at radius 2 is 2.11 bits per heavy atom. The fourth-order valence-corrected chi connectivity index (χ4v) is 3.51. The average Bonchev–Trinajstić information content (AvgIpc) is 2.38. The maximum absolute atomic E-state index is 12.0. The zero-order chi connectivity index (χ0) is 14.5. The van der Waals surface area contributed by atoms with Gasteiger partial charge < -0.3 is 5.73 Å². The third kappa shape index (κ3) is 4.85. The fourth-order valence-electron chi connectivity index (χ4n) is 1.38. The molecule has 0 saturated carbocycles. The van der Waals surface area contributed by atoms with Crippen LogP contribution in [-0.4, -0.2) is 30.7 Å². The van der Waals surface area contributed by atoms with Crippen molar-refractivity contribution in [2.45, 2.75) is 18.4 Å². The third-order valence-corrected chi connectivity index (χ3v) is 5.61. The summed E-state index contributed by atoms with van der Waals surface area (Å²) in [4.78, 5) is 0.0805. The van der Waals surface area contributed by atoms with E-state index in [0.717, 1.165) is 0 Å². The lowest BCUT2D eigenvalue weighted by atomic mass is 10.2. The van der Waals surface area contributed by atoms with Gasteiger partial charge in [0.15, 0.2) is 0 Å². The first-order chi connectivity index (χ1) is 8.90. The maximum atomic E-state index is 12.0. The van der Waals surface area contributed by atoms with Crippen molar-refractivity contribution in [3.8, 4) is 0 Å². The molecule has 108 valence electrons. The molecule has 0 bridgehead atoms. The van der Waals surface area contributed by atoms with Gasteiger partial charge in [0.1, 0.15) is 0 Å². The van der Waals surface area contributed by atoms with Gasteiger partial charge in [-0.15, -0.1) is 0 Å². The number of rotatable bonds is 7. The highest BCUT2D eigenvalue weighted by Crippen LogP contribution is 2.20. The van der Waals surface area contributed by atoms with Gasteiger partial charge in [-0.2, -0.15) is 0 Å². The van der Waals surface area contributed by atoms with Gasteiger partial charge in [0.2, 0.25) is 10.0 Å². The lowest BCUT2D eigenvalue weighted by Crippen LogP contribution is -2.28. The summed E-state index contributed by atoms with van der Waals surface area (Å²) in [5, 5.41) is 0.322. The predicted molar refractivity (Wildman–Crippen MR) is 78.1 cm³/mol. The van der Waals surface area contributed by atoms with Crippen molar-refractivity contribution in [1.82, 2.24) is 4.72 Å². The summed E-state index contributed by atoms with van der Waals surface area (Å²) in [5.41, 5.74) is 6.14. The zero-order valence-electron chi connectivity index (χ0n) is 10.6. The highest BCUT2D eigenvalue weighted by Gasteiger charge is 2.15. The van der Waals surface area contributed by atoms with E-state index in [1.54, 1.807) is 13.0 Å². The number of benzene rings is 1. The molecule has 1 unspecified atom stereocenters. The molecular weight excluding hydrogens is 308 g/mol. The molecule has 0 aliphatic carbocycles. The summed E-state index contributed by atoms with van der Waals surface area (Å²) in [7, 11) is -4.62. The van der Waals surface area contributed by atoms with Crippen LogP contribution in [0.15, 0.2) is 23.1 Å². The average molecular weight is 325 g/mol. The Morgan fingerprint density at radius 3 is 2.63 bits per heavy atom. The van der Waals surface area contributed by atoms with Crippen LogP contribution in [0.25, 0.3) is 0 Å². The van der Waals surface area contributed by atoms with E-state index >= 15 is 0 Å². The van der Waals surface area contributed by atoms with Crippen LogP contribution in [0.2, 0.25) is 5.02 Å². The monoisotopic (exact) mass is 324 g/mol. The van der Waals surface area contributed by atoms with Gasteiger partial charge in [-0.05, 0) is 17.7 Å². The summed E-state index contributed by atoms with van der Waals surface area (Å²) in [6, 6.07) is 4.40. The SMILES string of the molecule is CCS(=O)CCNS(=O)(=O)c1ccc(CN)c(Cl)c1. The van der Waals surface area contributed by atoms with E-state index in [-0.39, 0.29) is 18.0 Å². The topological polar surface area (TPSA) is 89.3 Å². The Hall–Kier alpha value is -0.470. The third-order valence-electron chi connectivity index (χ3n) is 2.50. The first-order valence-corrected chi connectivity index (χ1v) is 9.08. The Kier molecular flexibility index (Phi) is 6.41. The van der Waals surface area contributed by atoms with Gasteiger partial charge in [-0.25, -0.2) is 13.1 Å². The van der Waals surface area contributed by atoms with Gasteiger partial charge in [-0.1, -0.05) is 24.6 Å². The van der Waals surface area contributed by atoms with Crippen molar-refractivity contribution in [2.75, 3.05) is 18.1 Å². The van der Waals surface area contributed by atoms with E-state index < -0.39 is 20.8 Å². The summed E-state index contributed by atoms with van der Waals surface area (Å²) in [5.74, 6) is 0.809. The van der Waals surface area contributed by atoms with Crippen LogP contribution < -0.4 is 10.5 Å². The maximum Gasteiger partial charge on any atom is 0.240 e. The van der Waals surface area contributed by atoms with Crippen molar-refractivity contribution >= 4 is 32.4 Å². The summed E-state index contributed by atoms with van der Waals surface area (Å²) in [6.45, 7) is 2.18. The number of halogens is 1. The Morgan fingerprint density at radius 1 is 1.42 bits per heavy atom. The molecule has 0 heterocycles. The largest absolute Gasteiger partial charge is 0.326 e. The quantitative estimate of drug-likeness (QED) is 0.778. The molecule has 0 aliphatic heterocycles. The number of hydrogen-bond donors (Lipinski definition) is 2. The zero-order valence-corrected chi connectivity index (χ0v) is 12.9. The fraction of sp³-hybridized carbons (Fsp3) is 0.455. The molecular formula is C11H17ClN2O3S2. The molecule has 19 heavy (non-hydrogen) atoms. The second-order valence-corrected chi connectivity index (χ2v) is 7.83. The van der Waals surface area contributed by atoms with Crippen molar-refractivity contribution in [1.29, 1.82) is 0 Å². The minimum Gasteiger partial charge on any atom is -0.326 e. The van der Waals surface area contributed by atoms with E-state index in [1.165, 1.54) is 12.1 Å². The van der Waals surface area contributed by atoms with E-state index in [0.29, 0.717) is 22.1 Å². The van der Waals surface area contributed by atoms with E-state index in [4.69, 9.17) is 17.3 Å². The summed E-state index contributed by atoms with van der Waals surface area (Å²) < 4.78 is 37.5. The minimum atomic E-state index is -3.62. The summed E-state index contributed by atoms with van der Waals surface area (Å²) >= 11 is 5.92. The molecule has 0 saturated heterocycles. The van der Waals surface area contributed by atoms with Gasteiger partial charge in [-0.3, -0.25) is 4.21 Å². The van der Waals surface area contributed by atoms with Crippen LogP contribution in [0.1, 0.15) is 12.5 Å². The molecule has 3 N–H and O–H groups in total. The smallest absolute Gasteiger partial charge is 0.240 e. The molecule has 0 aromatic heterocycles. The van der Waals surface area contributed by atoms with Crippen LogP contribution in [0.4, 0.5) is 0 Å². The highest BCUT2D eigenvalue weighted by molar-refractivity contribution is 7.89. The van der Waals surface area contributed by atoms with E-state index in [1.807, 2.05) is 0 Å². The lowest BCUT2D eigenvalue weighted by Gasteiger charge is -2.08. The van der Waals surface area contributed by atoms with Crippen molar-refractivity contribution in [2.24, 2.45) is 5.73 Å². The number of sulfonamides is 1. The molecule has 0 spiro atoms. The predicted octanol–water partition coefficient (Wildman–Crippen LogP) is 0.846. The van der Waals surface area contributed by atoms with E-state index in [2.05, 4.69) is 4.72 Å². The Bertz CT molecular complexity index is 561. The molecule has 0 radical (unpaired) electrons. The second kappa shape index (κ2) is 7.35. The van der Waals surface area contributed by atoms with Gasteiger partial charge in [0, 0.05) is 40.4 Å². The molecule has 0 fully saturated rings. The number of nitrogens with one attached hydrogen (secondary N) is 1. The van der Waals surface area contributed by atoms with Crippen LogP contribution in [0.5, 0.6) is 0 Å². The van der Waals surface area contributed by atoms with Crippen molar-refractivity contribution in [3.63, 3.8) is 0 Å². The summed E-state index contributed by atoms with van der Waals surface area (Å²) in [6.07, 6.45) is 0. The number of nitrogens with two attached hydrogens (primary N) is 1. The van der Waals surface area contributed by atoms with E-state index in [9.17, 15) is 12.6 Å². The molecule has 1 rings (SSSR count). The standard InChI is InChI=1S/C11H17ClN2O3S2/c1-2-18(15)6-5-14-19(16,17)10-4-3-9(8-13)11(12)7-10/h3-4,7,14H,2,5-6,8,13H2,1H3. The Balaban J connectivity index is 2.77. The molecule has 5 nitrogen and oxygen atoms in total. The van der Waals surface area contributed by atoms with Gasteiger partial charge >= 0.3 is 0 Å². The highest BCUT2D eigenvalue weighted by atomic mass is 35.5. The van der Waals surface area contributed by atoms with Gasteiger partial charge in [0.25, 0.3) is 0 Å². The van der Waals surface area contributed by atoms with Crippen LogP contribution >= 0.6 is 11.6 Å². The second-order valence-electron chi connectivity index (χ2n) is 3.79. The molecule has 1 atom stereocenters. The minimum absolute atomic E-state index is 0.0805. The van der Waals surface area contributed by atoms with Gasteiger partial charge in [0.05, 0.1) is 4.90 Å². The molecule has 1 aromatic rings. The molecule has 0 aliphatic rings. The normalized spacial score (nSPS) is 13.4. The first-order valence-electron chi connectivity index (χ1n) is 5.74. The molecule has 1 aromatic carbocycles. The van der Waals surface area contributed by atoms with Crippen LogP contribution in [0, 0.1) is 0 Å². The number of hydrogen-bond acceptors (Lipinski definition) is 4.